The molecule has 1 heterocycles. The van der Waals surface area contributed by atoms with Gasteiger partial charge in [0.1, 0.15) is 0 Å². The van der Waals surface area contributed by atoms with E-state index >= 15 is 0 Å². The Morgan fingerprint density at radius 2 is 2.00 bits per heavy atom. The van der Waals surface area contributed by atoms with E-state index in [2.05, 4.69) is 36.7 Å². The van der Waals surface area contributed by atoms with Crippen LogP contribution in [0.3, 0.4) is 0 Å². The third kappa shape index (κ3) is 2.45. The fraction of sp³-hybridized carbons (Fsp3) is 0.429. The summed E-state index contributed by atoms with van der Waals surface area (Å²) in [6.07, 6.45) is 1.96. The molecule has 1 aromatic heterocycles. The van der Waals surface area contributed by atoms with Crippen LogP contribution in [-0.4, -0.2) is 4.57 Å². The van der Waals surface area contributed by atoms with Crippen LogP contribution in [0.5, 0.6) is 0 Å². The molecule has 0 unspecified atom stereocenters. The summed E-state index contributed by atoms with van der Waals surface area (Å²) in [5.41, 5.74) is 7.45. The number of fused-ring (bicyclic) bond motifs is 1. The van der Waals surface area contributed by atoms with Crippen LogP contribution in [0.4, 0.5) is 4.39 Å². The fourth-order valence-corrected chi connectivity index (χ4v) is 2.52. The third-order valence-electron chi connectivity index (χ3n) is 2.88. The van der Waals surface area contributed by atoms with Gasteiger partial charge in [-0.2, -0.15) is 0 Å². The maximum atomic E-state index is 14.3. The highest BCUT2D eigenvalue weighted by atomic mass is 79.9. The van der Waals surface area contributed by atoms with E-state index in [1.54, 1.807) is 6.07 Å². The maximum Gasteiger partial charge on any atom is 0.161 e. The molecule has 0 spiro atoms. The minimum absolute atomic E-state index is 0.0899. The summed E-state index contributed by atoms with van der Waals surface area (Å²) in [6, 6.07) is 3.65. The Morgan fingerprint density at radius 3 is 2.56 bits per heavy atom. The third-order valence-corrected chi connectivity index (χ3v) is 3.49. The molecule has 18 heavy (non-hydrogen) atoms. The molecule has 98 valence electrons. The van der Waals surface area contributed by atoms with Crippen LogP contribution >= 0.6 is 15.9 Å². The number of halogens is 2. The van der Waals surface area contributed by atoms with Gasteiger partial charge in [-0.05, 0) is 33.0 Å². The molecular weight excluding hydrogens is 295 g/mol. The Kier molecular flexibility index (Phi) is 3.52. The molecule has 0 aliphatic carbocycles. The van der Waals surface area contributed by atoms with Gasteiger partial charge < -0.3 is 10.3 Å². The highest BCUT2D eigenvalue weighted by Crippen LogP contribution is 2.30. The van der Waals surface area contributed by atoms with E-state index < -0.39 is 0 Å². The van der Waals surface area contributed by atoms with Crippen LogP contribution in [0, 0.1) is 11.2 Å². The van der Waals surface area contributed by atoms with Crippen molar-refractivity contribution >= 4 is 26.8 Å². The number of rotatable bonds is 2. The first-order chi connectivity index (χ1) is 8.33. The van der Waals surface area contributed by atoms with Gasteiger partial charge >= 0.3 is 0 Å². The van der Waals surface area contributed by atoms with Crippen molar-refractivity contribution in [1.29, 1.82) is 0 Å². The Labute approximate surface area is 115 Å². The Hall–Kier alpha value is -0.870. The number of benzene rings is 1. The summed E-state index contributed by atoms with van der Waals surface area (Å²) in [7, 11) is 0. The van der Waals surface area contributed by atoms with Gasteiger partial charge in [-0.15, -0.1) is 0 Å². The van der Waals surface area contributed by atoms with Crippen molar-refractivity contribution in [3.8, 4) is 0 Å². The van der Waals surface area contributed by atoms with Gasteiger partial charge in [0, 0.05) is 24.7 Å². The topological polar surface area (TPSA) is 30.9 Å². The molecule has 2 aromatic rings. The zero-order valence-corrected chi connectivity index (χ0v) is 12.5. The lowest BCUT2D eigenvalue weighted by atomic mass is 9.97. The molecule has 2 nitrogen and oxygen atoms in total. The lowest BCUT2D eigenvalue weighted by Crippen LogP contribution is -2.15. The summed E-state index contributed by atoms with van der Waals surface area (Å²) in [5.74, 6) is -0.212. The molecular formula is C14H18BrFN2. The van der Waals surface area contributed by atoms with Crippen molar-refractivity contribution in [3.05, 3.63) is 34.2 Å². The molecule has 0 fully saturated rings. The van der Waals surface area contributed by atoms with Gasteiger partial charge in [0.05, 0.1) is 9.99 Å². The summed E-state index contributed by atoms with van der Waals surface area (Å²) in [4.78, 5) is 0. The van der Waals surface area contributed by atoms with Crippen LogP contribution in [0.1, 0.15) is 26.3 Å². The number of hydrogen-bond acceptors (Lipinski definition) is 1. The van der Waals surface area contributed by atoms with Crippen LogP contribution < -0.4 is 5.73 Å². The van der Waals surface area contributed by atoms with Gasteiger partial charge in [0.2, 0.25) is 0 Å². The second-order valence-electron chi connectivity index (χ2n) is 5.80. The summed E-state index contributed by atoms with van der Waals surface area (Å²) >= 11 is 3.24. The molecule has 0 amide bonds. The SMILES string of the molecule is CC(C)(C)Cn1cc(CN)c2ccc(Br)c(F)c21. The minimum atomic E-state index is -0.212. The number of hydrogen-bond donors (Lipinski definition) is 1. The molecule has 1 aromatic carbocycles. The minimum Gasteiger partial charge on any atom is -0.344 e. The Morgan fingerprint density at radius 1 is 1.33 bits per heavy atom. The molecule has 0 radical (unpaired) electrons. The highest BCUT2D eigenvalue weighted by molar-refractivity contribution is 9.10. The highest BCUT2D eigenvalue weighted by Gasteiger charge is 2.18. The molecule has 0 aliphatic heterocycles. The van der Waals surface area contributed by atoms with Crippen LogP contribution in [0.25, 0.3) is 10.9 Å². The van der Waals surface area contributed by atoms with Crippen molar-refractivity contribution in [1.82, 2.24) is 4.57 Å². The average Bonchev–Trinajstić information content (AvgIpc) is 2.60. The Balaban J connectivity index is 2.69. The number of nitrogens with two attached hydrogens (primary N) is 1. The van der Waals surface area contributed by atoms with E-state index in [-0.39, 0.29) is 11.2 Å². The monoisotopic (exact) mass is 312 g/mol. The lowest BCUT2D eigenvalue weighted by Gasteiger charge is -2.20. The first-order valence-electron chi connectivity index (χ1n) is 5.99. The normalized spacial score (nSPS) is 12.3. The largest absolute Gasteiger partial charge is 0.344 e. The molecule has 0 saturated heterocycles. The molecule has 0 atom stereocenters. The van der Waals surface area contributed by atoms with Crippen LogP contribution in [0.2, 0.25) is 0 Å². The average molecular weight is 313 g/mol. The summed E-state index contributed by atoms with van der Waals surface area (Å²) in [6.45, 7) is 7.59. The predicted octanol–water partition coefficient (Wildman–Crippen LogP) is 4.05. The van der Waals surface area contributed by atoms with Gasteiger partial charge in [-0.25, -0.2) is 4.39 Å². The molecule has 0 aliphatic rings. The predicted molar refractivity (Wildman–Crippen MR) is 76.9 cm³/mol. The fourth-order valence-electron chi connectivity index (χ4n) is 2.20. The van der Waals surface area contributed by atoms with Crippen LogP contribution in [0.15, 0.2) is 22.8 Å². The van der Waals surface area contributed by atoms with E-state index in [0.717, 1.165) is 17.5 Å². The first-order valence-corrected chi connectivity index (χ1v) is 6.78. The standard InChI is InChI=1S/C14H18BrFN2/c1-14(2,3)8-18-7-9(6-17)10-4-5-11(15)12(16)13(10)18/h4-5,7H,6,8,17H2,1-3H3. The van der Waals surface area contributed by atoms with Crippen molar-refractivity contribution in [2.24, 2.45) is 11.1 Å². The lowest BCUT2D eigenvalue weighted by molar-refractivity contribution is 0.348. The smallest absolute Gasteiger partial charge is 0.161 e. The second-order valence-corrected chi connectivity index (χ2v) is 6.66. The molecule has 4 heteroatoms. The van der Waals surface area contributed by atoms with Crippen LogP contribution in [-0.2, 0) is 13.1 Å². The molecule has 2 N–H and O–H groups in total. The van der Waals surface area contributed by atoms with E-state index in [9.17, 15) is 4.39 Å². The second kappa shape index (κ2) is 4.67. The van der Waals surface area contributed by atoms with E-state index in [1.807, 2.05) is 16.8 Å². The molecule has 0 saturated carbocycles. The van der Waals surface area contributed by atoms with Gasteiger partial charge in [0.25, 0.3) is 0 Å². The Bertz CT molecular complexity index is 581. The van der Waals surface area contributed by atoms with Crippen molar-refractivity contribution in [2.75, 3.05) is 0 Å². The number of aromatic nitrogens is 1. The van der Waals surface area contributed by atoms with E-state index in [1.165, 1.54) is 0 Å². The first kappa shape index (κ1) is 13.6. The van der Waals surface area contributed by atoms with Crippen molar-refractivity contribution in [2.45, 2.75) is 33.9 Å². The molecule has 2 rings (SSSR count). The zero-order chi connectivity index (χ0) is 13.5. The number of nitrogens with zero attached hydrogens (tertiary/aromatic N) is 1. The van der Waals surface area contributed by atoms with E-state index in [4.69, 9.17) is 5.73 Å². The van der Waals surface area contributed by atoms with Crippen molar-refractivity contribution < 1.29 is 4.39 Å². The maximum absolute atomic E-state index is 14.3. The summed E-state index contributed by atoms with van der Waals surface area (Å²) < 4.78 is 16.7. The van der Waals surface area contributed by atoms with Gasteiger partial charge in [-0.1, -0.05) is 26.8 Å². The molecule has 0 bridgehead atoms. The van der Waals surface area contributed by atoms with Crippen molar-refractivity contribution in [3.63, 3.8) is 0 Å². The van der Waals surface area contributed by atoms with Gasteiger partial charge in [-0.3, -0.25) is 0 Å². The zero-order valence-electron chi connectivity index (χ0n) is 10.9. The van der Waals surface area contributed by atoms with E-state index in [0.29, 0.717) is 16.5 Å². The summed E-state index contributed by atoms with van der Waals surface area (Å²) in [5, 5.41) is 0.905. The van der Waals surface area contributed by atoms with Gasteiger partial charge in [0.15, 0.2) is 5.82 Å². The quantitative estimate of drug-likeness (QED) is 0.891.